The Hall–Kier alpha value is -3.20. The van der Waals surface area contributed by atoms with Crippen molar-refractivity contribution in [2.24, 2.45) is 5.92 Å². The van der Waals surface area contributed by atoms with Crippen molar-refractivity contribution in [3.63, 3.8) is 0 Å². The molecule has 0 spiro atoms. The Bertz CT molecular complexity index is 1180. The molecule has 0 radical (unpaired) electrons. The number of benzene rings is 1. The summed E-state index contributed by atoms with van der Waals surface area (Å²) in [6.45, 7) is 3.03. The zero-order chi connectivity index (χ0) is 24.9. The number of hydrogen-bond acceptors (Lipinski definition) is 5. The summed E-state index contributed by atoms with van der Waals surface area (Å²) in [5.41, 5.74) is 1.59. The molecule has 0 saturated carbocycles. The van der Waals surface area contributed by atoms with Crippen LogP contribution in [0.2, 0.25) is 0 Å². The van der Waals surface area contributed by atoms with Crippen molar-refractivity contribution in [3.8, 4) is 0 Å². The molecule has 1 aromatic carbocycles. The Morgan fingerprint density at radius 1 is 1.23 bits per heavy atom. The largest absolute Gasteiger partial charge is 0.342 e. The van der Waals surface area contributed by atoms with Crippen molar-refractivity contribution in [1.82, 2.24) is 19.8 Å². The van der Waals surface area contributed by atoms with Gasteiger partial charge in [-0.15, -0.1) is 11.3 Å². The minimum absolute atomic E-state index is 0.0367. The molecule has 0 bridgehead atoms. The quantitative estimate of drug-likeness (QED) is 0.488. The van der Waals surface area contributed by atoms with Crippen LogP contribution in [0, 0.1) is 24.5 Å². The molecule has 35 heavy (non-hydrogen) atoms. The first kappa shape index (κ1) is 24.9. The van der Waals surface area contributed by atoms with Crippen LogP contribution in [0.25, 0.3) is 0 Å². The van der Waals surface area contributed by atoms with Crippen LogP contribution in [0.1, 0.15) is 39.5 Å². The second kappa shape index (κ2) is 11.0. The van der Waals surface area contributed by atoms with Gasteiger partial charge in [0, 0.05) is 50.0 Å². The van der Waals surface area contributed by atoms with E-state index in [2.05, 4.69) is 9.97 Å². The van der Waals surface area contributed by atoms with Crippen LogP contribution in [0.4, 0.5) is 8.78 Å². The lowest BCUT2D eigenvalue weighted by molar-refractivity contribution is -0.132. The van der Waals surface area contributed by atoms with Crippen LogP contribution in [-0.4, -0.2) is 57.8 Å². The number of pyridine rings is 1. The Labute approximate surface area is 207 Å². The minimum atomic E-state index is -0.635. The number of carbonyl (C=O) groups excluding carboxylic acids is 2. The normalized spacial score (nSPS) is 15.1. The van der Waals surface area contributed by atoms with E-state index in [1.54, 1.807) is 30.3 Å². The van der Waals surface area contributed by atoms with E-state index >= 15 is 0 Å². The maximum Gasteiger partial charge on any atom is 0.255 e. The van der Waals surface area contributed by atoms with E-state index in [1.165, 1.54) is 29.7 Å². The number of likely N-dealkylation sites (tertiary alicyclic amines) is 1. The van der Waals surface area contributed by atoms with Gasteiger partial charge in [0.1, 0.15) is 11.6 Å². The molecular formula is C26H28F2N4O2S. The number of aromatic nitrogens is 2. The van der Waals surface area contributed by atoms with Crippen molar-refractivity contribution in [2.45, 2.75) is 38.6 Å². The van der Waals surface area contributed by atoms with Gasteiger partial charge in [-0.05, 0) is 55.9 Å². The fourth-order valence-corrected chi connectivity index (χ4v) is 5.28. The maximum atomic E-state index is 14.5. The molecule has 1 unspecified atom stereocenters. The molecule has 6 nitrogen and oxygen atoms in total. The number of aryl methyl sites for hydroxylation is 1. The first-order valence-electron chi connectivity index (χ1n) is 11.6. The molecule has 2 amide bonds. The third-order valence-electron chi connectivity index (χ3n) is 6.61. The van der Waals surface area contributed by atoms with Gasteiger partial charge in [-0.2, -0.15) is 0 Å². The molecule has 1 saturated heterocycles. The lowest BCUT2D eigenvalue weighted by Gasteiger charge is -2.40. The van der Waals surface area contributed by atoms with Gasteiger partial charge in [0.15, 0.2) is 0 Å². The number of rotatable bonds is 7. The predicted molar refractivity (Wildman–Crippen MR) is 130 cm³/mol. The van der Waals surface area contributed by atoms with Gasteiger partial charge in [0.25, 0.3) is 5.91 Å². The summed E-state index contributed by atoms with van der Waals surface area (Å²) in [7, 11) is 1.71. The topological polar surface area (TPSA) is 66.4 Å². The number of likely N-dealkylation sites (N-methyl/N-ethyl adjacent to an activating group) is 1. The van der Waals surface area contributed by atoms with Gasteiger partial charge in [-0.3, -0.25) is 14.6 Å². The van der Waals surface area contributed by atoms with E-state index in [4.69, 9.17) is 0 Å². The van der Waals surface area contributed by atoms with E-state index in [-0.39, 0.29) is 36.6 Å². The number of halogens is 2. The van der Waals surface area contributed by atoms with Gasteiger partial charge < -0.3 is 9.80 Å². The summed E-state index contributed by atoms with van der Waals surface area (Å²) in [5.74, 6) is -1.37. The molecule has 3 heterocycles. The highest BCUT2D eigenvalue weighted by Gasteiger charge is 2.33. The summed E-state index contributed by atoms with van der Waals surface area (Å²) in [5, 5.41) is 2.84. The van der Waals surface area contributed by atoms with E-state index in [1.807, 2.05) is 17.2 Å². The van der Waals surface area contributed by atoms with Crippen LogP contribution in [0.5, 0.6) is 0 Å². The van der Waals surface area contributed by atoms with Crippen LogP contribution < -0.4 is 0 Å². The zero-order valence-corrected chi connectivity index (χ0v) is 20.6. The summed E-state index contributed by atoms with van der Waals surface area (Å²) >= 11 is 1.53. The molecule has 4 rings (SSSR count). The van der Waals surface area contributed by atoms with Crippen molar-refractivity contribution in [1.29, 1.82) is 0 Å². The summed E-state index contributed by atoms with van der Waals surface area (Å²) in [6.07, 6.45) is 5.00. The molecule has 1 atom stereocenters. The monoisotopic (exact) mass is 498 g/mol. The zero-order valence-electron chi connectivity index (χ0n) is 19.8. The second-order valence-corrected chi connectivity index (χ2v) is 9.98. The first-order valence-corrected chi connectivity index (χ1v) is 12.5. The molecule has 1 aliphatic heterocycles. The SMILES string of the molecule is Cc1nc(CC(=O)N2CCC(C(Cc3ccc(F)cc3F)N(C)C(=O)c3cccnc3)CC2)cs1. The number of carbonyl (C=O) groups is 2. The van der Waals surface area contributed by atoms with Crippen molar-refractivity contribution in [2.75, 3.05) is 20.1 Å². The van der Waals surface area contributed by atoms with Gasteiger partial charge in [-0.25, -0.2) is 13.8 Å². The molecule has 0 N–H and O–H groups in total. The predicted octanol–water partition coefficient (Wildman–Crippen LogP) is 4.29. The fraction of sp³-hybridized carbons (Fsp3) is 0.385. The fourth-order valence-electron chi connectivity index (χ4n) is 4.67. The number of hydrogen-bond donors (Lipinski definition) is 0. The van der Waals surface area contributed by atoms with Crippen molar-refractivity contribution in [3.05, 3.63) is 81.6 Å². The van der Waals surface area contributed by atoms with E-state index in [9.17, 15) is 18.4 Å². The third-order valence-corrected chi connectivity index (χ3v) is 7.43. The second-order valence-electron chi connectivity index (χ2n) is 8.92. The van der Waals surface area contributed by atoms with Crippen LogP contribution >= 0.6 is 11.3 Å². The number of thiazole rings is 1. The molecule has 3 aromatic rings. The van der Waals surface area contributed by atoms with E-state index in [0.717, 1.165) is 16.8 Å². The van der Waals surface area contributed by atoms with E-state index in [0.29, 0.717) is 37.1 Å². The number of piperidine rings is 1. The average molecular weight is 499 g/mol. The Morgan fingerprint density at radius 2 is 2.00 bits per heavy atom. The van der Waals surface area contributed by atoms with Crippen LogP contribution in [-0.2, 0) is 17.6 Å². The molecular weight excluding hydrogens is 470 g/mol. The minimum Gasteiger partial charge on any atom is -0.342 e. The summed E-state index contributed by atoms with van der Waals surface area (Å²) in [6, 6.07) is 6.62. The molecule has 184 valence electrons. The Morgan fingerprint density at radius 3 is 2.63 bits per heavy atom. The summed E-state index contributed by atoms with van der Waals surface area (Å²) < 4.78 is 28.0. The van der Waals surface area contributed by atoms with Crippen LogP contribution in [0.3, 0.4) is 0 Å². The standard InChI is InChI=1S/C26H28F2N4O2S/c1-17-30-22(16-35-17)14-25(33)32-10-7-18(8-11-32)24(12-19-5-6-21(27)13-23(19)28)31(2)26(34)20-4-3-9-29-15-20/h3-6,9,13,15-16,18,24H,7-8,10-12,14H2,1-2H3. The highest BCUT2D eigenvalue weighted by molar-refractivity contribution is 7.09. The molecule has 0 aliphatic carbocycles. The third kappa shape index (κ3) is 6.08. The Kier molecular flexibility index (Phi) is 7.85. The molecule has 9 heteroatoms. The van der Waals surface area contributed by atoms with Gasteiger partial charge in [0.05, 0.1) is 22.7 Å². The van der Waals surface area contributed by atoms with Gasteiger partial charge >= 0.3 is 0 Å². The highest BCUT2D eigenvalue weighted by Crippen LogP contribution is 2.28. The van der Waals surface area contributed by atoms with Crippen molar-refractivity contribution < 1.29 is 18.4 Å². The number of amides is 2. The lowest BCUT2D eigenvalue weighted by atomic mass is 9.84. The van der Waals surface area contributed by atoms with Gasteiger partial charge in [0.2, 0.25) is 5.91 Å². The average Bonchev–Trinajstić information content (AvgIpc) is 3.27. The Balaban J connectivity index is 1.48. The molecule has 1 fully saturated rings. The molecule has 2 aromatic heterocycles. The van der Waals surface area contributed by atoms with E-state index < -0.39 is 11.6 Å². The lowest BCUT2D eigenvalue weighted by Crippen LogP contribution is -2.48. The van der Waals surface area contributed by atoms with Crippen molar-refractivity contribution >= 4 is 23.2 Å². The highest BCUT2D eigenvalue weighted by atomic mass is 32.1. The number of nitrogens with zero attached hydrogens (tertiary/aromatic N) is 4. The van der Waals surface area contributed by atoms with Crippen LogP contribution in [0.15, 0.2) is 48.1 Å². The summed E-state index contributed by atoms with van der Waals surface area (Å²) in [4.78, 5) is 37.9. The maximum absolute atomic E-state index is 14.5. The first-order chi connectivity index (χ1) is 16.8. The smallest absolute Gasteiger partial charge is 0.255 e. The molecule has 1 aliphatic rings. The van der Waals surface area contributed by atoms with Gasteiger partial charge in [-0.1, -0.05) is 6.07 Å².